The van der Waals surface area contributed by atoms with Crippen LogP contribution >= 0.6 is 0 Å². The number of imide groups is 1. The molecule has 2 aromatic carbocycles. The minimum Gasteiger partial charge on any atom is -0.446 e. The summed E-state index contributed by atoms with van der Waals surface area (Å²) in [6.07, 6.45) is -5.48. The van der Waals surface area contributed by atoms with E-state index in [1.807, 2.05) is 0 Å². The number of cyclic esters (lactones) is 1. The lowest BCUT2D eigenvalue weighted by Gasteiger charge is -2.45. The predicted molar refractivity (Wildman–Crippen MR) is 110 cm³/mol. The molecule has 2 aliphatic heterocycles. The van der Waals surface area contributed by atoms with Gasteiger partial charge in [-0.25, -0.2) is 14.5 Å². The zero-order valence-corrected chi connectivity index (χ0v) is 17.1. The highest BCUT2D eigenvalue weighted by atomic mass is 19.4. The molecule has 2 fully saturated rings. The molecule has 10 heteroatoms. The van der Waals surface area contributed by atoms with Crippen LogP contribution < -0.4 is 16.4 Å². The quantitative estimate of drug-likeness (QED) is 0.669. The number of alkyl halides is 3. The van der Waals surface area contributed by atoms with Gasteiger partial charge in [0, 0.05) is 31.6 Å². The molecule has 2 aromatic rings. The van der Waals surface area contributed by atoms with Gasteiger partial charge in [0.1, 0.15) is 12.1 Å². The molecule has 4 rings (SSSR count). The van der Waals surface area contributed by atoms with Crippen molar-refractivity contribution in [1.29, 1.82) is 0 Å². The van der Waals surface area contributed by atoms with Gasteiger partial charge in [-0.05, 0) is 17.2 Å². The molecule has 7 nitrogen and oxygen atoms in total. The van der Waals surface area contributed by atoms with Crippen molar-refractivity contribution in [3.63, 3.8) is 0 Å². The van der Waals surface area contributed by atoms with E-state index in [4.69, 9.17) is 10.5 Å². The Labute approximate surface area is 182 Å². The van der Waals surface area contributed by atoms with Crippen LogP contribution in [0.4, 0.5) is 22.8 Å². The number of urea groups is 1. The van der Waals surface area contributed by atoms with Gasteiger partial charge in [-0.15, -0.1) is 0 Å². The van der Waals surface area contributed by atoms with Crippen LogP contribution in [0.25, 0.3) is 0 Å². The number of nitrogens with zero attached hydrogens (tertiary/aromatic N) is 1. The maximum absolute atomic E-state index is 13.5. The molecule has 0 aromatic heterocycles. The Morgan fingerprint density at radius 3 is 2.53 bits per heavy atom. The number of primary amides is 1. The predicted octanol–water partition coefficient (Wildman–Crippen LogP) is 2.78. The van der Waals surface area contributed by atoms with Gasteiger partial charge in [-0.3, -0.25) is 0 Å². The van der Waals surface area contributed by atoms with Gasteiger partial charge in [0.15, 0.2) is 0 Å². The number of nitrogens with two attached hydrogens (primary N) is 1. The second kappa shape index (κ2) is 8.44. The summed E-state index contributed by atoms with van der Waals surface area (Å²) in [5.74, 6) is -0.779. The molecule has 2 saturated heterocycles. The maximum atomic E-state index is 13.5. The van der Waals surface area contributed by atoms with Crippen LogP contribution in [0, 0.1) is 0 Å². The summed E-state index contributed by atoms with van der Waals surface area (Å²) in [4.78, 5) is 26.0. The molecule has 0 bridgehead atoms. The molecule has 32 heavy (non-hydrogen) atoms. The van der Waals surface area contributed by atoms with E-state index in [2.05, 4.69) is 10.6 Å². The van der Waals surface area contributed by atoms with Crippen LogP contribution in [0.15, 0.2) is 54.6 Å². The summed E-state index contributed by atoms with van der Waals surface area (Å²) >= 11 is 0. The number of ether oxygens (including phenoxy) is 1. The average Bonchev–Trinajstić information content (AvgIpc) is 3.13. The number of carbonyl (C=O) groups excluding carboxylic acids is 2. The van der Waals surface area contributed by atoms with E-state index in [9.17, 15) is 22.8 Å². The van der Waals surface area contributed by atoms with Gasteiger partial charge in [0.05, 0.1) is 5.56 Å². The first-order valence-corrected chi connectivity index (χ1v) is 10.2. The Kier molecular flexibility index (Phi) is 5.83. The van der Waals surface area contributed by atoms with Crippen LogP contribution in [0.3, 0.4) is 0 Å². The second-order valence-electron chi connectivity index (χ2n) is 7.88. The van der Waals surface area contributed by atoms with Crippen molar-refractivity contribution in [3.8, 4) is 0 Å². The van der Waals surface area contributed by atoms with Gasteiger partial charge in [0.2, 0.25) is 0 Å². The fourth-order valence-electron chi connectivity index (χ4n) is 4.76. The van der Waals surface area contributed by atoms with E-state index in [1.54, 1.807) is 36.4 Å². The molecule has 3 amide bonds. The summed E-state index contributed by atoms with van der Waals surface area (Å²) in [6, 6.07) is 12.2. The Morgan fingerprint density at radius 2 is 1.91 bits per heavy atom. The number of halogens is 3. The van der Waals surface area contributed by atoms with Crippen molar-refractivity contribution in [3.05, 3.63) is 71.3 Å². The van der Waals surface area contributed by atoms with Crippen molar-refractivity contribution in [2.24, 2.45) is 5.73 Å². The van der Waals surface area contributed by atoms with E-state index in [0.29, 0.717) is 30.8 Å². The highest BCUT2D eigenvalue weighted by Crippen LogP contribution is 2.48. The molecule has 2 aliphatic rings. The van der Waals surface area contributed by atoms with Crippen LogP contribution in [-0.2, 0) is 16.5 Å². The van der Waals surface area contributed by atoms with Gasteiger partial charge in [-0.1, -0.05) is 48.5 Å². The summed E-state index contributed by atoms with van der Waals surface area (Å²) in [6.45, 7) is 1.42. The molecule has 0 spiro atoms. The molecule has 170 valence electrons. The van der Waals surface area contributed by atoms with Crippen LogP contribution in [-0.4, -0.2) is 49.3 Å². The number of hydrogen-bond acceptors (Lipinski definition) is 5. The third-order valence-electron chi connectivity index (χ3n) is 6.05. The summed E-state index contributed by atoms with van der Waals surface area (Å²) in [5, 5.41) is 6.56. The molecule has 3 atom stereocenters. The van der Waals surface area contributed by atoms with Crippen molar-refractivity contribution in [1.82, 2.24) is 15.5 Å². The molecule has 2 heterocycles. The zero-order chi connectivity index (χ0) is 22.9. The molecule has 0 aliphatic carbocycles. The van der Waals surface area contributed by atoms with Gasteiger partial charge < -0.3 is 21.1 Å². The number of nitrogens with one attached hydrogen (secondary N) is 2. The lowest BCUT2D eigenvalue weighted by Crippen LogP contribution is -2.61. The number of benzene rings is 2. The van der Waals surface area contributed by atoms with Crippen LogP contribution in [0.1, 0.15) is 22.6 Å². The second-order valence-corrected chi connectivity index (χ2v) is 7.88. The number of piperazine rings is 1. The zero-order valence-electron chi connectivity index (χ0n) is 17.1. The lowest BCUT2D eigenvalue weighted by molar-refractivity contribution is -0.137. The third kappa shape index (κ3) is 3.80. The number of hydrogen-bond donors (Lipinski definition) is 3. The normalized spacial score (nSPS) is 24.8. The first-order chi connectivity index (χ1) is 15.2. The Morgan fingerprint density at radius 1 is 1.16 bits per heavy atom. The van der Waals surface area contributed by atoms with Crippen LogP contribution in [0.2, 0.25) is 0 Å². The average molecular weight is 448 g/mol. The molecular weight excluding hydrogens is 425 g/mol. The summed E-state index contributed by atoms with van der Waals surface area (Å²) in [7, 11) is 0. The summed E-state index contributed by atoms with van der Waals surface area (Å²) in [5.41, 5.74) is 4.22. The Bertz CT molecular complexity index is 995. The van der Waals surface area contributed by atoms with Gasteiger partial charge >= 0.3 is 18.3 Å². The first kappa shape index (κ1) is 22.1. The largest absolute Gasteiger partial charge is 0.446 e. The van der Waals surface area contributed by atoms with E-state index >= 15 is 0 Å². The highest BCUT2D eigenvalue weighted by Gasteiger charge is 2.59. The molecule has 3 unspecified atom stereocenters. The summed E-state index contributed by atoms with van der Waals surface area (Å²) < 4.78 is 45.9. The van der Waals surface area contributed by atoms with Crippen molar-refractivity contribution < 1.29 is 27.5 Å². The number of rotatable bonds is 4. The minimum atomic E-state index is -4.55. The fraction of sp³-hybridized carbons (Fsp3) is 0.364. The minimum absolute atomic E-state index is 0.238. The maximum Gasteiger partial charge on any atom is 0.419 e. The van der Waals surface area contributed by atoms with E-state index in [0.717, 1.165) is 17.0 Å². The third-order valence-corrected chi connectivity index (χ3v) is 6.05. The van der Waals surface area contributed by atoms with Crippen molar-refractivity contribution in [2.75, 3.05) is 26.2 Å². The SMILES string of the molecule is NC(=O)N1C(=O)OCC1(c1ccccc1)C(c1cccc(C(F)(F)F)c1)C1CNCCN1. The first-order valence-electron chi connectivity index (χ1n) is 10.2. The topological polar surface area (TPSA) is 96.7 Å². The number of amides is 3. The monoisotopic (exact) mass is 448 g/mol. The molecule has 4 N–H and O–H groups in total. The van der Waals surface area contributed by atoms with Crippen molar-refractivity contribution >= 4 is 12.1 Å². The smallest absolute Gasteiger partial charge is 0.419 e. The van der Waals surface area contributed by atoms with Gasteiger partial charge in [-0.2, -0.15) is 13.2 Å². The lowest BCUT2D eigenvalue weighted by atomic mass is 9.70. The standard InChI is InChI=1S/C22H23F3N4O3/c23-22(24,25)16-8-4-5-14(11-16)18(17-12-27-9-10-28-17)21(15-6-2-1-3-7-15)13-32-20(31)29(21)19(26)30/h1-8,11,17-18,27-28H,9-10,12-13H2,(H2,26,30). The van der Waals surface area contributed by atoms with E-state index in [-0.39, 0.29) is 6.61 Å². The van der Waals surface area contributed by atoms with Gasteiger partial charge in [0.25, 0.3) is 0 Å². The number of carbonyl (C=O) groups is 2. The highest BCUT2D eigenvalue weighted by molar-refractivity contribution is 5.93. The van der Waals surface area contributed by atoms with Crippen LogP contribution in [0.5, 0.6) is 0 Å². The molecule has 0 radical (unpaired) electrons. The van der Waals surface area contributed by atoms with E-state index in [1.165, 1.54) is 6.07 Å². The van der Waals surface area contributed by atoms with Crippen molar-refractivity contribution in [2.45, 2.75) is 23.7 Å². The Hall–Kier alpha value is -3.11. The molecule has 0 saturated carbocycles. The molecular formula is C22H23F3N4O3. The Balaban J connectivity index is 1.97. The fourth-order valence-corrected chi connectivity index (χ4v) is 4.76. The van der Waals surface area contributed by atoms with E-state index < -0.39 is 41.4 Å².